The van der Waals surface area contributed by atoms with Gasteiger partial charge in [0.1, 0.15) is 6.42 Å². The molecule has 126 valence electrons. The number of halogens is 1. The van der Waals surface area contributed by atoms with E-state index in [2.05, 4.69) is 17.6 Å². The van der Waals surface area contributed by atoms with Gasteiger partial charge < -0.3 is 10.6 Å². The lowest BCUT2D eigenvalue weighted by atomic mass is 10.1. The standard InChI is InChI=1S/C19H21ClN2O2/c1-2-14-6-8-17(9-7-14)22-19(24)13-18(23)21-11-10-15-4-3-5-16(20)12-15/h3-9,12H,2,10-11,13H2,1H3,(H,21,23)(H,22,24). The molecule has 4 nitrogen and oxygen atoms in total. The molecular formula is C19H21ClN2O2. The molecule has 0 bridgehead atoms. The third-order valence-electron chi connectivity index (χ3n) is 3.59. The monoisotopic (exact) mass is 344 g/mol. The maximum Gasteiger partial charge on any atom is 0.233 e. The normalized spacial score (nSPS) is 10.2. The number of rotatable bonds is 7. The fourth-order valence-corrected chi connectivity index (χ4v) is 2.49. The summed E-state index contributed by atoms with van der Waals surface area (Å²) in [7, 11) is 0. The lowest BCUT2D eigenvalue weighted by Crippen LogP contribution is -2.29. The molecule has 24 heavy (non-hydrogen) atoms. The highest BCUT2D eigenvalue weighted by Gasteiger charge is 2.09. The maximum atomic E-state index is 11.9. The van der Waals surface area contributed by atoms with Gasteiger partial charge in [0.2, 0.25) is 11.8 Å². The van der Waals surface area contributed by atoms with Crippen molar-refractivity contribution in [3.63, 3.8) is 0 Å². The van der Waals surface area contributed by atoms with E-state index in [1.807, 2.05) is 42.5 Å². The number of aryl methyl sites for hydroxylation is 1. The maximum absolute atomic E-state index is 11.9. The first-order valence-corrected chi connectivity index (χ1v) is 8.34. The molecule has 0 radical (unpaired) electrons. The zero-order valence-corrected chi connectivity index (χ0v) is 14.4. The molecule has 2 amide bonds. The van der Waals surface area contributed by atoms with E-state index in [-0.39, 0.29) is 18.2 Å². The molecule has 5 heteroatoms. The molecule has 0 aliphatic carbocycles. The summed E-state index contributed by atoms with van der Waals surface area (Å²) < 4.78 is 0. The van der Waals surface area contributed by atoms with Gasteiger partial charge in [-0.05, 0) is 48.2 Å². The summed E-state index contributed by atoms with van der Waals surface area (Å²) in [6.07, 6.45) is 1.43. The highest BCUT2D eigenvalue weighted by atomic mass is 35.5. The Bertz CT molecular complexity index is 699. The van der Waals surface area contributed by atoms with Gasteiger partial charge in [-0.15, -0.1) is 0 Å². The van der Waals surface area contributed by atoms with E-state index in [4.69, 9.17) is 11.6 Å². The van der Waals surface area contributed by atoms with Gasteiger partial charge in [-0.1, -0.05) is 42.8 Å². The summed E-state index contributed by atoms with van der Waals surface area (Å²) in [5.41, 5.74) is 2.94. The molecule has 2 aromatic rings. The van der Waals surface area contributed by atoms with Gasteiger partial charge in [-0.3, -0.25) is 9.59 Å². The molecule has 0 spiro atoms. The highest BCUT2D eigenvalue weighted by Crippen LogP contribution is 2.11. The molecular weight excluding hydrogens is 324 g/mol. The van der Waals surface area contributed by atoms with E-state index in [0.717, 1.165) is 12.0 Å². The van der Waals surface area contributed by atoms with Crippen LogP contribution in [0.2, 0.25) is 5.02 Å². The minimum atomic E-state index is -0.320. The molecule has 0 aliphatic heterocycles. The van der Waals surface area contributed by atoms with E-state index >= 15 is 0 Å². The second-order valence-corrected chi connectivity index (χ2v) is 5.94. The van der Waals surface area contributed by atoms with E-state index in [9.17, 15) is 9.59 Å². The number of nitrogens with one attached hydrogen (secondary N) is 2. The zero-order chi connectivity index (χ0) is 17.4. The van der Waals surface area contributed by atoms with Crippen molar-refractivity contribution in [1.29, 1.82) is 0 Å². The van der Waals surface area contributed by atoms with Gasteiger partial charge in [0, 0.05) is 17.3 Å². The van der Waals surface area contributed by atoms with Crippen LogP contribution in [0.3, 0.4) is 0 Å². The lowest BCUT2D eigenvalue weighted by Gasteiger charge is -2.07. The summed E-state index contributed by atoms with van der Waals surface area (Å²) in [5, 5.41) is 6.14. The van der Waals surface area contributed by atoms with Crippen molar-refractivity contribution in [2.45, 2.75) is 26.2 Å². The fourth-order valence-electron chi connectivity index (χ4n) is 2.28. The van der Waals surface area contributed by atoms with Crippen molar-refractivity contribution in [2.24, 2.45) is 0 Å². The van der Waals surface area contributed by atoms with Crippen LogP contribution in [0.25, 0.3) is 0 Å². The smallest absolute Gasteiger partial charge is 0.233 e. The summed E-state index contributed by atoms with van der Waals surface area (Å²) in [5.74, 6) is -0.612. The van der Waals surface area contributed by atoms with Crippen LogP contribution in [0.1, 0.15) is 24.5 Å². The molecule has 0 unspecified atom stereocenters. The number of hydrogen-bond acceptors (Lipinski definition) is 2. The average molecular weight is 345 g/mol. The number of anilines is 1. The molecule has 0 heterocycles. The Balaban J connectivity index is 1.72. The number of carbonyl (C=O) groups excluding carboxylic acids is 2. The van der Waals surface area contributed by atoms with Gasteiger partial charge in [-0.25, -0.2) is 0 Å². The number of hydrogen-bond donors (Lipinski definition) is 2. The van der Waals surface area contributed by atoms with Crippen LogP contribution in [0.15, 0.2) is 48.5 Å². The van der Waals surface area contributed by atoms with Crippen molar-refractivity contribution in [1.82, 2.24) is 5.32 Å². The minimum absolute atomic E-state index is 0.189. The Kier molecular flexibility index (Phi) is 6.82. The second kappa shape index (κ2) is 9.08. The third kappa shape index (κ3) is 6.05. The summed E-state index contributed by atoms with van der Waals surface area (Å²) >= 11 is 5.91. The molecule has 2 N–H and O–H groups in total. The Labute approximate surface area is 147 Å². The summed E-state index contributed by atoms with van der Waals surface area (Å²) in [6, 6.07) is 15.1. The predicted octanol–water partition coefficient (Wildman–Crippen LogP) is 3.59. The summed E-state index contributed by atoms with van der Waals surface area (Å²) in [4.78, 5) is 23.7. The summed E-state index contributed by atoms with van der Waals surface area (Å²) in [6.45, 7) is 2.54. The first-order valence-electron chi connectivity index (χ1n) is 7.96. The molecule has 0 fully saturated rings. The molecule has 2 rings (SSSR count). The van der Waals surface area contributed by atoms with Gasteiger partial charge in [0.25, 0.3) is 0 Å². The molecule has 0 saturated heterocycles. The van der Waals surface area contributed by atoms with Gasteiger partial charge in [-0.2, -0.15) is 0 Å². The first-order chi connectivity index (χ1) is 11.6. The van der Waals surface area contributed by atoms with Crippen LogP contribution < -0.4 is 10.6 Å². The van der Waals surface area contributed by atoms with Gasteiger partial charge in [0.15, 0.2) is 0 Å². The van der Waals surface area contributed by atoms with E-state index < -0.39 is 0 Å². The zero-order valence-electron chi connectivity index (χ0n) is 13.6. The molecule has 2 aromatic carbocycles. The van der Waals surface area contributed by atoms with E-state index in [1.54, 1.807) is 6.07 Å². The first kappa shape index (κ1) is 18.0. The topological polar surface area (TPSA) is 58.2 Å². The third-order valence-corrected chi connectivity index (χ3v) is 3.83. The molecule has 0 atom stereocenters. The Morgan fingerprint density at radius 3 is 2.42 bits per heavy atom. The lowest BCUT2D eigenvalue weighted by molar-refractivity contribution is -0.126. The Hall–Kier alpha value is -2.33. The van der Waals surface area contributed by atoms with Crippen molar-refractivity contribution in [3.8, 4) is 0 Å². The highest BCUT2D eigenvalue weighted by molar-refractivity contribution is 6.30. The Morgan fingerprint density at radius 2 is 1.75 bits per heavy atom. The van der Waals surface area contributed by atoms with Crippen molar-refractivity contribution in [2.75, 3.05) is 11.9 Å². The number of benzene rings is 2. The minimum Gasteiger partial charge on any atom is -0.355 e. The second-order valence-electron chi connectivity index (χ2n) is 5.51. The van der Waals surface area contributed by atoms with Crippen LogP contribution in [0, 0.1) is 0 Å². The van der Waals surface area contributed by atoms with E-state index in [0.29, 0.717) is 23.7 Å². The van der Waals surface area contributed by atoms with Crippen LogP contribution >= 0.6 is 11.6 Å². The van der Waals surface area contributed by atoms with E-state index in [1.165, 1.54) is 5.56 Å². The quantitative estimate of drug-likeness (QED) is 0.754. The van der Waals surface area contributed by atoms with Gasteiger partial charge in [0.05, 0.1) is 0 Å². The van der Waals surface area contributed by atoms with Crippen LogP contribution in [0.4, 0.5) is 5.69 Å². The molecule has 0 saturated carbocycles. The number of carbonyl (C=O) groups is 2. The number of amides is 2. The van der Waals surface area contributed by atoms with Crippen molar-refractivity contribution < 1.29 is 9.59 Å². The Morgan fingerprint density at radius 1 is 1.00 bits per heavy atom. The molecule has 0 aromatic heterocycles. The SMILES string of the molecule is CCc1ccc(NC(=O)CC(=O)NCCc2cccc(Cl)c2)cc1. The van der Waals surface area contributed by atoms with Crippen molar-refractivity contribution >= 4 is 29.1 Å². The van der Waals surface area contributed by atoms with Crippen LogP contribution in [-0.2, 0) is 22.4 Å². The van der Waals surface area contributed by atoms with Crippen LogP contribution in [-0.4, -0.2) is 18.4 Å². The largest absolute Gasteiger partial charge is 0.355 e. The fraction of sp³-hybridized carbons (Fsp3) is 0.263. The van der Waals surface area contributed by atoms with Crippen molar-refractivity contribution in [3.05, 3.63) is 64.7 Å². The van der Waals surface area contributed by atoms with Crippen LogP contribution in [0.5, 0.6) is 0 Å². The predicted molar refractivity (Wildman–Crippen MR) is 97.2 cm³/mol. The molecule has 0 aliphatic rings. The average Bonchev–Trinajstić information content (AvgIpc) is 2.55. The van der Waals surface area contributed by atoms with Gasteiger partial charge >= 0.3 is 0 Å².